The van der Waals surface area contributed by atoms with E-state index in [2.05, 4.69) is 20.2 Å². The highest BCUT2D eigenvalue weighted by atomic mass is 16.5. The van der Waals surface area contributed by atoms with E-state index in [1.807, 2.05) is 12.1 Å². The van der Waals surface area contributed by atoms with Gasteiger partial charge in [-0.2, -0.15) is 0 Å². The summed E-state index contributed by atoms with van der Waals surface area (Å²) in [5, 5.41) is 2.99. The minimum absolute atomic E-state index is 0.00854. The summed E-state index contributed by atoms with van der Waals surface area (Å²) in [6.45, 7) is 3.75. The second-order valence-electron chi connectivity index (χ2n) is 6.85. The number of amides is 1. The number of carbonyl (C=O) groups excluding carboxylic acids is 1. The van der Waals surface area contributed by atoms with Crippen LogP contribution >= 0.6 is 0 Å². The van der Waals surface area contributed by atoms with Crippen molar-refractivity contribution in [3.05, 3.63) is 47.8 Å². The molecule has 1 amide bonds. The summed E-state index contributed by atoms with van der Waals surface area (Å²) in [5.74, 6) is 1.27. The van der Waals surface area contributed by atoms with Gasteiger partial charge in [0, 0.05) is 55.6 Å². The van der Waals surface area contributed by atoms with Crippen LogP contribution in [0, 0.1) is 0 Å². The monoisotopic (exact) mass is 368 g/mol. The quantitative estimate of drug-likeness (QED) is 0.842. The molecule has 0 saturated carbocycles. The van der Waals surface area contributed by atoms with Crippen LogP contribution in [0.4, 0.5) is 5.82 Å². The number of hydrogen-bond donors (Lipinski definition) is 1. The Hall–Kier alpha value is -2.67. The lowest BCUT2D eigenvalue weighted by atomic mass is 10.2. The minimum Gasteiger partial charge on any atom is -0.472 e. The predicted molar refractivity (Wildman–Crippen MR) is 101 cm³/mol. The second kappa shape index (κ2) is 8.35. The van der Waals surface area contributed by atoms with Gasteiger partial charge in [0.15, 0.2) is 0 Å². The Morgan fingerprint density at radius 2 is 2.15 bits per heavy atom. The molecule has 2 saturated heterocycles. The second-order valence-corrected chi connectivity index (χ2v) is 6.85. The Morgan fingerprint density at radius 1 is 1.26 bits per heavy atom. The highest BCUT2D eigenvalue weighted by Gasteiger charge is 2.19. The van der Waals surface area contributed by atoms with Crippen LogP contribution in [0.25, 0.3) is 0 Å². The summed E-state index contributed by atoms with van der Waals surface area (Å²) < 4.78 is 11.1. The van der Waals surface area contributed by atoms with E-state index in [9.17, 15) is 4.79 Å². The van der Waals surface area contributed by atoms with Gasteiger partial charge in [0.05, 0.1) is 13.2 Å². The summed E-state index contributed by atoms with van der Waals surface area (Å²) >= 11 is 0. The summed E-state index contributed by atoms with van der Waals surface area (Å²) in [6, 6.07) is 7.29. The molecule has 2 aliphatic rings. The van der Waals surface area contributed by atoms with Crippen molar-refractivity contribution >= 4 is 11.7 Å². The molecule has 2 aliphatic heterocycles. The first-order valence-electron chi connectivity index (χ1n) is 9.47. The molecule has 1 unspecified atom stereocenters. The molecule has 0 aromatic carbocycles. The molecule has 27 heavy (non-hydrogen) atoms. The molecule has 7 heteroatoms. The van der Waals surface area contributed by atoms with Crippen molar-refractivity contribution in [3.8, 4) is 5.88 Å². The highest BCUT2D eigenvalue weighted by Crippen LogP contribution is 2.22. The maximum atomic E-state index is 12.6. The lowest BCUT2D eigenvalue weighted by Crippen LogP contribution is -2.26. The van der Waals surface area contributed by atoms with Gasteiger partial charge in [0.1, 0.15) is 11.9 Å². The van der Waals surface area contributed by atoms with Gasteiger partial charge < -0.3 is 19.7 Å². The fraction of sp³-hybridized carbons (Fsp3) is 0.450. The molecular weight excluding hydrogens is 344 g/mol. The number of pyridine rings is 2. The van der Waals surface area contributed by atoms with E-state index in [-0.39, 0.29) is 12.0 Å². The van der Waals surface area contributed by atoms with Crippen molar-refractivity contribution in [2.24, 2.45) is 0 Å². The molecule has 2 aromatic rings. The summed E-state index contributed by atoms with van der Waals surface area (Å²) in [6.07, 6.45) is 6.63. The third-order valence-electron chi connectivity index (χ3n) is 4.88. The average molecular weight is 368 g/mol. The summed E-state index contributed by atoms with van der Waals surface area (Å²) in [4.78, 5) is 23.6. The van der Waals surface area contributed by atoms with Gasteiger partial charge in [-0.3, -0.25) is 4.79 Å². The maximum absolute atomic E-state index is 12.6. The molecule has 0 bridgehead atoms. The highest BCUT2D eigenvalue weighted by molar-refractivity contribution is 5.94. The minimum atomic E-state index is -0.152. The Labute approximate surface area is 158 Å². The molecule has 0 radical (unpaired) electrons. The SMILES string of the molecule is O=C(NCc1cccnc1N1CCCC1)c1ccnc(OC2CCOC2)c1. The third-order valence-corrected chi connectivity index (χ3v) is 4.88. The standard InChI is InChI=1S/C20H24N4O3/c25-20(15-5-8-21-18(12-15)27-17-6-11-26-14-17)23-13-16-4-3-7-22-19(16)24-9-1-2-10-24/h3-5,7-8,12,17H,1-2,6,9-11,13-14H2,(H,23,25). The van der Waals surface area contributed by atoms with Crippen LogP contribution in [0.15, 0.2) is 36.7 Å². The van der Waals surface area contributed by atoms with Crippen LogP contribution in [-0.2, 0) is 11.3 Å². The predicted octanol–water partition coefficient (Wildman–Crippen LogP) is 2.17. The molecule has 2 aromatic heterocycles. The normalized spacial score (nSPS) is 19.3. The van der Waals surface area contributed by atoms with Gasteiger partial charge in [-0.1, -0.05) is 6.07 Å². The topological polar surface area (TPSA) is 76.6 Å². The van der Waals surface area contributed by atoms with E-state index < -0.39 is 0 Å². The molecule has 0 aliphatic carbocycles. The van der Waals surface area contributed by atoms with Crippen LogP contribution < -0.4 is 15.0 Å². The molecule has 1 atom stereocenters. The number of anilines is 1. The van der Waals surface area contributed by atoms with E-state index in [4.69, 9.17) is 9.47 Å². The molecule has 4 rings (SSSR count). The molecule has 1 N–H and O–H groups in total. The lowest BCUT2D eigenvalue weighted by Gasteiger charge is -2.20. The van der Waals surface area contributed by atoms with Gasteiger partial charge in [-0.05, 0) is 25.0 Å². The summed E-state index contributed by atoms with van der Waals surface area (Å²) in [5.41, 5.74) is 1.56. The zero-order valence-electron chi connectivity index (χ0n) is 15.3. The van der Waals surface area contributed by atoms with Crippen LogP contribution in [0.5, 0.6) is 5.88 Å². The molecule has 7 nitrogen and oxygen atoms in total. The van der Waals surface area contributed by atoms with Crippen molar-refractivity contribution < 1.29 is 14.3 Å². The third kappa shape index (κ3) is 4.36. The van der Waals surface area contributed by atoms with Gasteiger partial charge in [-0.15, -0.1) is 0 Å². The van der Waals surface area contributed by atoms with Crippen LogP contribution in [-0.4, -0.2) is 48.3 Å². The van der Waals surface area contributed by atoms with E-state index >= 15 is 0 Å². The fourth-order valence-corrected chi connectivity index (χ4v) is 3.45. The van der Waals surface area contributed by atoms with Crippen molar-refractivity contribution in [2.75, 3.05) is 31.2 Å². The summed E-state index contributed by atoms with van der Waals surface area (Å²) in [7, 11) is 0. The molecular formula is C20H24N4O3. The number of ether oxygens (including phenoxy) is 2. The number of hydrogen-bond acceptors (Lipinski definition) is 6. The van der Waals surface area contributed by atoms with Gasteiger partial charge in [0.2, 0.25) is 5.88 Å². The Bertz CT molecular complexity index is 786. The largest absolute Gasteiger partial charge is 0.472 e. The van der Waals surface area contributed by atoms with Crippen LogP contribution in [0.3, 0.4) is 0 Å². The van der Waals surface area contributed by atoms with E-state index in [0.717, 1.165) is 30.9 Å². The van der Waals surface area contributed by atoms with Crippen molar-refractivity contribution in [1.29, 1.82) is 0 Å². The number of nitrogens with zero attached hydrogens (tertiary/aromatic N) is 3. The van der Waals surface area contributed by atoms with Gasteiger partial charge >= 0.3 is 0 Å². The van der Waals surface area contributed by atoms with E-state index in [1.54, 1.807) is 24.5 Å². The van der Waals surface area contributed by atoms with Crippen molar-refractivity contribution in [3.63, 3.8) is 0 Å². The van der Waals surface area contributed by atoms with Gasteiger partial charge in [-0.25, -0.2) is 9.97 Å². The molecule has 4 heterocycles. The van der Waals surface area contributed by atoms with Gasteiger partial charge in [0.25, 0.3) is 5.91 Å². The van der Waals surface area contributed by atoms with E-state index in [1.165, 1.54) is 12.8 Å². The number of nitrogens with one attached hydrogen (secondary N) is 1. The Balaban J connectivity index is 1.39. The Kier molecular flexibility index (Phi) is 5.48. The van der Waals surface area contributed by atoms with E-state index in [0.29, 0.717) is 31.2 Å². The van der Waals surface area contributed by atoms with Crippen molar-refractivity contribution in [2.45, 2.75) is 31.9 Å². The van der Waals surface area contributed by atoms with Crippen LogP contribution in [0.2, 0.25) is 0 Å². The van der Waals surface area contributed by atoms with Crippen LogP contribution in [0.1, 0.15) is 35.2 Å². The van der Waals surface area contributed by atoms with Crippen molar-refractivity contribution in [1.82, 2.24) is 15.3 Å². The number of aromatic nitrogens is 2. The Morgan fingerprint density at radius 3 is 2.96 bits per heavy atom. The first-order valence-corrected chi connectivity index (χ1v) is 9.47. The lowest BCUT2D eigenvalue weighted by molar-refractivity contribution is 0.0949. The molecule has 2 fully saturated rings. The zero-order valence-corrected chi connectivity index (χ0v) is 15.3. The average Bonchev–Trinajstić information content (AvgIpc) is 3.41. The molecule has 0 spiro atoms. The molecule has 142 valence electrons. The number of carbonyl (C=O) groups is 1. The first-order chi connectivity index (χ1) is 13.3. The number of rotatable bonds is 6. The maximum Gasteiger partial charge on any atom is 0.251 e. The first kappa shape index (κ1) is 17.7. The fourth-order valence-electron chi connectivity index (χ4n) is 3.45. The smallest absolute Gasteiger partial charge is 0.251 e. The zero-order chi connectivity index (χ0) is 18.5.